The second-order valence-corrected chi connectivity index (χ2v) is 13.3. The molecule has 2 amide bonds. The van der Waals surface area contributed by atoms with Crippen LogP contribution in [0.2, 0.25) is 0 Å². The second kappa shape index (κ2) is 12.2. The number of aliphatic hydroxyl groups is 1. The van der Waals surface area contributed by atoms with Crippen LogP contribution in [-0.2, 0) is 17.6 Å². The molecule has 236 valence electrons. The summed E-state index contributed by atoms with van der Waals surface area (Å²) >= 11 is 0. The van der Waals surface area contributed by atoms with Gasteiger partial charge in [-0.25, -0.2) is 4.52 Å². The summed E-state index contributed by atoms with van der Waals surface area (Å²) < 4.78 is 13.7. The van der Waals surface area contributed by atoms with E-state index in [0.29, 0.717) is 23.6 Å². The Morgan fingerprint density at radius 2 is 1.87 bits per heavy atom. The third-order valence-corrected chi connectivity index (χ3v) is 8.79. The summed E-state index contributed by atoms with van der Waals surface area (Å²) in [6, 6.07) is 17.6. The molecule has 0 saturated heterocycles. The van der Waals surface area contributed by atoms with E-state index in [-0.39, 0.29) is 36.5 Å². The molecule has 10 heteroatoms. The zero-order valence-corrected chi connectivity index (χ0v) is 25.8. The van der Waals surface area contributed by atoms with E-state index in [4.69, 9.17) is 20.9 Å². The zero-order valence-electron chi connectivity index (χ0n) is 25.8. The number of fused-ring (bicyclic) bond motifs is 1. The van der Waals surface area contributed by atoms with Crippen molar-refractivity contribution in [1.29, 1.82) is 0 Å². The van der Waals surface area contributed by atoms with Crippen LogP contribution in [0.3, 0.4) is 0 Å². The Morgan fingerprint density at radius 3 is 2.60 bits per heavy atom. The van der Waals surface area contributed by atoms with Gasteiger partial charge in [0.2, 0.25) is 5.91 Å². The van der Waals surface area contributed by atoms with Crippen LogP contribution in [0.25, 0.3) is 16.6 Å². The predicted octanol–water partition coefficient (Wildman–Crippen LogP) is 3.80. The number of ether oxygens (including phenoxy) is 2. The molecule has 2 saturated carbocycles. The van der Waals surface area contributed by atoms with Gasteiger partial charge in [0.25, 0.3) is 5.91 Å². The van der Waals surface area contributed by atoms with Crippen LogP contribution >= 0.6 is 0 Å². The number of nitrogens with one attached hydrogen (secondary N) is 1. The van der Waals surface area contributed by atoms with E-state index in [1.807, 2.05) is 36.4 Å². The molecule has 0 atom stereocenters. The van der Waals surface area contributed by atoms with Gasteiger partial charge in [0, 0.05) is 11.6 Å². The van der Waals surface area contributed by atoms with Gasteiger partial charge in [0.15, 0.2) is 0 Å². The van der Waals surface area contributed by atoms with Crippen molar-refractivity contribution < 1.29 is 24.2 Å². The maximum Gasteiger partial charge on any atom is 0.252 e. The van der Waals surface area contributed by atoms with Gasteiger partial charge in [-0.3, -0.25) is 9.59 Å². The second-order valence-electron chi connectivity index (χ2n) is 13.3. The van der Waals surface area contributed by atoms with E-state index in [0.717, 1.165) is 59.9 Å². The largest absolute Gasteiger partial charge is 0.490 e. The number of carbonyl (C=O) groups excluding carboxylic acids is 2. The fourth-order valence-corrected chi connectivity index (χ4v) is 6.62. The average Bonchev–Trinajstić information content (AvgIpc) is 3.35. The average molecular weight is 612 g/mol. The van der Waals surface area contributed by atoms with Crippen LogP contribution in [0.15, 0.2) is 67.0 Å². The highest BCUT2D eigenvalue weighted by molar-refractivity contribution is 5.96. The Labute approximate surface area is 262 Å². The molecule has 4 aromatic rings. The standard InChI is InChI=1S/C35H41N5O5/c1-34(2,43)21-44-27-7-9-30-25(19-38-40(30)20-27)14-32(41)39-26-15-35(16-26)17-28(18-35)45-31-13-24(6-8-29(31)33(37)42)23-5-3-4-22(12-23)10-11-36/h3-9,12-13,19-20,26,28,43H,10-11,14-18,21,36H2,1-2H3,(H2,37,42)(H,39,41). The van der Waals surface area contributed by atoms with Crippen molar-refractivity contribution in [3.8, 4) is 22.6 Å². The molecule has 2 aromatic heterocycles. The summed E-state index contributed by atoms with van der Waals surface area (Å²) in [5, 5.41) is 17.5. The minimum absolute atomic E-state index is 0.00493. The minimum Gasteiger partial charge on any atom is -0.490 e. The first kappa shape index (κ1) is 30.6. The zero-order chi connectivity index (χ0) is 31.8. The molecule has 45 heavy (non-hydrogen) atoms. The van der Waals surface area contributed by atoms with Gasteiger partial charge in [-0.1, -0.05) is 30.3 Å². The lowest BCUT2D eigenvalue weighted by Crippen LogP contribution is -2.59. The monoisotopic (exact) mass is 611 g/mol. The van der Waals surface area contributed by atoms with Gasteiger partial charge < -0.3 is 31.4 Å². The van der Waals surface area contributed by atoms with Gasteiger partial charge >= 0.3 is 0 Å². The first-order valence-electron chi connectivity index (χ1n) is 15.5. The Hall–Kier alpha value is -4.41. The third-order valence-electron chi connectivity index (χ3n) is 8.79. The van der Waals surface area contributed by atoms with E-state index < -0.39 is 11.5 Å². The van der Waals surface area contributed by atoms with E-state index >= 15 is 0 Å². The quantitative estimate of drug-likeness (QED) is 0.190. The van der Waals surface area contributed by atoms with E-state index in [2.05, 4.69) is 22.5 Å². The molecule has 0 aliphatic heterocycles. The van der Waals surface area contributed by atoms with E-state index in [1.165, 1.54) is 0 Å². The van der Waals surface area contributed by atoms with Crippen molar-refractivity contribution in [2.45, 2.75) is 70.1 Å². The van der Waals surface area contributed by atoms with E-state index in [1.54, 1.807) is 36.8 Å². The van der Waals surface area contributed by atoms with Gasteiger partial charge in [-0.2, -0.15) is 5.10 Å². The molecule has 2 aromatic carbocycles. The van der Waals surface area contributed by atoms with Crippen LogP contribution in [0.1, 0.15) is 61.0 Å². The number of aromatic nitrogens is 2. The van der Waals surface area contributed by atoms with Gasteiger partial charge in [0.1, 0.15) is 18.1 Å². The molecule has 0 unspecified atom stereocenters. The number of carbonyl (C=O) groups is 2. The highest BCUT2D eigenvalue weighted by Gasteiger charge is 2.54. The van der Waals surface area contributed by atoms with Crippen molar-refractivity contribution in [2.75, 3.05) is 13.2 Å². The molecule has 10 nitrogen and oxygen atoms in total. The maximum absolute atomic E-state index is 12.9. The molecule has 0 radical (unpaired) electrons. The van der Waals surface area contributed by atoms with Crippen LogP contribution in [0.4, 0.5) is 0 Å². The maximum atomic E-state index is 12.9. The lowest BCUT2D eigenvalue weighted by molar-refractivity contribution is -0.126. The molecular formula is C35H41N5O5. The van der Waals surface area contributed by atoms with Crippen LogP contribution in [0, 0.1) is 5.41 Å². The van der Waals surface area contributed by atoms with Gasteiger partial charge in [-0.05, 0) is 98.9 Å². The lowest BCUT2D eigenvalue weighted by Gasteiger charge is -2.57. The number of nitrogens with zero attached hydrogens (tertiary/aromatic N) is 2. The summed E-state index contributed by atoms with van der Waals surface area (Å²) in [5.74, 6) is 0.563. The lowest BCUT2D eigenvalue weighted by atomic mass is 9.53. The topological polar surface area (TPSA) is 154 Å². The predicted molar refractivity (Wildman–Crippen MR) is 171 cm³/mol. The minimum atomic E-state index is -0.936. The molecule has 2 aliphatic rings. The number of hydrogen-bond acceptors (Lipinski definition) is 7. The van der Waals surface area contributed by atoms with Crippen molar-refractivity contribution in [2.24, 2.45) is 16.9 Å². The summed E-state index contributed by atoms with van der Waals surface area (Å²) in [7, 11) is 0. The number of primary amides is 1. The number of benzene rings is 2. The van der Waals surface area contributed by atoms with Crippen LogP contribution in [-0.4, -0.2) is 57.4 Å². The highest BCUT2D eigenvalue weighted by atomic mass is 16.5. The normalized spacial score (nSPS) is 20.8. The molecular weight excluding hydrogens is 570 g/mol. The summed E-state index contributed by atoms with van der Waals surface area (Å²) in [6.45, 7) is 4.11. The number of hydrogen-bond donors (Lipinski definition) is 4. The van der Waals surface area contributed by atoms with Crippen LogP contribution < -0.4 is 26.3 Å². The van der Waals surface area contributed by atoms with Gasteiger partial charge in [0.05, 0.1) is 41.6 Å². The Balaban J connectivity index is 1.01. The number of pyridine rings is 1. The van der Waals surface area contributed by atoms with Gasteiger partial charge in [-0.15, -0.1) is 0 Å². The number of nitrogens with two attached hydrogens (primary N) is 2. The third kappa shape index (κ3) is 6.97. The first-order valence-corrected chi connectivity index (χ1v) is 15.5. The summed E-state index contributed by atoms with van der Waals surface area (Å²) in [6.07, 6.45) is 8.05. The van der Waals surface area contributed by atoms with Crippen molar-refractivity contribution in [3.63, 3.8) is 0 Å². The SMILES string of the molecule is CC(C)(O)COc1ccc2c(CC(=O)NC3CC4(C3)CC(Oc3cc(-c5cccc(CCN)c5)ccc3C(N)=O)C4)cnn2c1. The molecule has 1 spiro atoms. The Morgan fingerprint density at radius 1 is 1.09 bits per heavy atom. The summed E-state index contributed by atoms with van der Waals surface area (Å²) in [5.41, 5.74) is 15.8. The highest BCUT2D eigenvalue weighted by Crippen LogP contribution is 2.57. The molecule has 2 aliphatic carbocycles. The molecule has 6 N–H and O–H groups in total. The summed E-state index contributed by atoms with van der Waals surface area (Å²) in [4.78, 5) is 25.1. The van der Waals surface area contributed by atoms with Crippen molar-refractivity contribution in [3.05, 3.63) is 83.7 Å². The fourth-order valence-electron chi connectivity index (χ4n) is 6.62. The molecule has 6 rings (SSSR count). The smallest absolute Gasteiger partial charge is 0.252 e. The molecule has 2 heterocycles. The number of amides is 2. The van der Waals surface area contributed by atoms with E-state index in [9.17, 15) is 14.7 Å². The van der Waals surface area contributed by atoms with Crippen molar-refractivity contribution in [1.82, 2.24) is 14.9 Å². The molecule has 2 fully saturated rings. The fraction of sp³-hybridized carbons (Fsp3) is 0.400. The Kier molecular flexibility index (Phi) is 8.28. The Bertz CT molecular complexity index is 1710. The molecule has 0 bridgehead atoms. The van der Waals surface area contributed by atoms with Crippen molar-refractivity contribution >= 4 is 17.3 Å². The van der Waals surface area contributed by atoms with Crippen LogP contribution in [0.5, 0.6) is 11.5 Å². The first-order chi connectivity index (χ1) is 21.5. The number of rotatable bonds is 12.